The highest BCUT2D eigenvalue weighted by molar-refractivity contribution is 7.92. The van der Waals surface area contributed by atoms with Crippen molar-refractivity contribution in [3.05, 3.63) is 83.4 Å². The maximum atomic E-state index is 12.9. The molecule has 1 aromatic heterocycles. The number of aromatic nitrogens is 1. The van der Waals surface area contributed by atoms with Crippen LogP contribution in [-0.2, 0) is 10.0 Å². The summed E-state index contributed by atoms with van der Waals surface area (Å²) < 4.78 is 38.4. The van der Waals surface area contributed by atoms with E-state index in [0.29, 0.717) is 38.5 Å². The number of para-hydroxylation sites is 1. The number of carbonyl (C=O) groups is 1. The number of nitrogens with zero attached hydrogens (tertiary/aromatic N) is 1. The molecule has 0 aliphatic heterocycles. The van der Waals surface area contributed by atoms with Crippen LogP contribution in [0.4, 0.5) is 11.4 Å². The Morgan fingerprint density at radius 3 is 2.23 bits per heavy atom. The smallest absolute Gasteiger partial charge is 0.267 e. The molecular weight excluding hydrogens is 486 g/mol. The fourth-order valence-corrected chi connectivity index (χ4v) is 5.34. The molecule has 35 heavy (non-hydrogen) atoms. The molecule has 3 aromatic carbocycles. The Labute approximate surface area is 207 Å². The molecule has 0 aliphatic rings. The summed E-state index contributed by atoms with van der Waals surface area (Å²) in [4.78, 5) is 18.0. The first-order chi connectivity index (χ1) is 16.8. The summed E-state index contributed by atoms with van der Waals surface area (Å²) in [6.45, 7) is 1.76. The number of amides is 1. The van der Waals surface area contributed by atoms with Crippen LogP contribution >= 0.6 is 11.3 Å². The summed E-state index contributed by atoms with van der Waals surface area (Å²) in [7, 11) is -0.623. The molecule has 10 heteroatoms. The molecule has 0 radical (unpaired) electrons. The lowest BCUT2D eigenvalue weighted by molar-refractivity contribution is 0.103. The SMILES string of the molecule is COc1ccc(-c2nc(C)c(C(=O)Nc3ccc(S(=O)(=O)Nc4ccccc4)cc3)s2)cc1OC. The van der Waals surface area contributed by atoms with E-state index in [-0.39, 0.29) is 10.8 Å². The van der Waals surface area contributed by atoms with Crippen molar-refractivity contribution in [2.75, 3.05) is 24.3 Å². The minimum atomic E-state index is -3.75. The van der Waals surface area contributed by atoms with Gasteiger partial charge in [0.05, 0.1) is 24.8 Å². The Morgan fingerprint density at radius 2 is 1.57 bits per heavy atom. The Bertz CT molecular complexity index is 1450. The highest BCUT2D eigenvalue weighted by Gasteiger charge is 2.19. The molecule has 4 rings (SSSR count). The van der Waals surface area contributed by atoms with Crippen molar-refractivity contribution in [2.24, 2.45) is 0 Å². The van der Waals surface area contributed by atoms with E-state index in [2.05, 4.69) is 15.0 Å². The number of hydrogen-bond acceptors (Lipinski definition) is 7. The number of carbonyl (C=O) groups excluding carboxylic acids is 1. The number of ether oxygens (including phenoxy) is 2. The highest BCUT2D eigenvalue weighted by Crippen LogP contribution is 2.35. The zero-order valence-corrected chi connectivity index (χ0v) is 20.9. The van der Waals surface area contributed by atoms with Crippen molar-refractivity contribution < 1.29 is 22.7 Å². The number of benzene rings is 3. The average molecular weight is 510 g/mol. The van der Waals surface area contributed by atoms with Crippen LogP contribution < -0.4 is 19.5 Å². The molecule has 0 bridgehead atoms. The number of aryl methyl sites for hydroxylation is 1. The summed E-state index contributed by atoms with van der Waals surface area (Å²) in [5.74, 6) is 0.845. The van der Waals surface area contributed by atoms with E-state index in [1.807, 2.05) is 6.07 Å². The topological polar surface area (TPSA) is 107 Å². The highest BCUT2D eigenvalue weighted by atomic mass is 32.2. The number of hydrogen-bond donors (Lipinski definition) is 2. The molecule has 4 aromatic rings. The molecular formula is C25H23N3O5S2. The van der Waals surface area contributed by atoms with Gasteiger partial charge < -0.3 is 14.8 Å². The second-order valence-corrected chi connectivity index (χ2v) is 10.1. The van der Waals surface area contributed by atoms with Gasteiger partial charge in [0.2, 0.25) is 0 Å². The lowest BCUT2D eigenvalue weighted by Gasteiger charge is -2.09. The lowest BCUT2D eigenvalue weighted by Crippen LogP contribution is -2.14. The monoisotopic (exact) mass is 509 g/mol. The third-order valence-electron chi connectivity index (χ3n) is 5.08. The van der Waals surface area contributed by atoms with Crippen molar-refractivity contribution in [3.8, 4) is 22.1 Å². The number of thiazole rings is 1. The zero-order chi connectivity index (χ0) is 25.0. The van der Waals surface area contributed by atoms with E-state index in [9.17, 15) is 13.2 Å². The normalized spacial score (nSPS) is 11.1. The maximum absolute atomic E-state index is 12.9. The second-order valence-electron chi connectivity index (χ2n) is 7.45. The molecule has 0 saturated heterocycles. The van der Waals surface area contributed by atoms with Gasteiger partial charge in [0.15, 0.2) is 11.5 Å². The van der Waals surface area contributed by atoms with E-state index in [4.69, 9.17) is 9.47 Å². The molecule has 0 unspecified atom stereocenters. The Hall–Kier alpha value is -3.89. The van der Waals surface area contributed by atoms with Crippen LogP contribution in [0.1, 0.15) is 15.4 Å². The molecule has 2 N–H and O–H groups in total. The third-order valence-corrected chi connectivity index (χ3v) is 7.68. The van der Waals surface area contributed by atoms with E-state index >= 15 is 0 Å². The summed E-state index contributed by atoms with van der Waals surface area (Å²) in [5, 5.41) is 3.47. The third kappa shape index (κ3) is 5.44. The van der Waals surface area contributed by atoms with Crippen LogP contribution in [0.15, 0.2) is 77.7 Å². The molecule has 180 valence electrons. The van der Waals surface area contributed by atoms with Gasteiger partial charge in [0, 0.05) is 16.9 Å². The summed E-state index contributed by atoms with van der Waals surface area (Å²) in [6.07, 6.45) is 0. The van der Waals surface area contributed by atoms with Crippen LogP contribution in [0, 0.1) is 6.92 Å². The minimum absolute atomic E-state index is 0.0871. The van der Waals surface area contributed by atoms with E-state index in [0.717, 1.165) is 5.56 Å². The number of nitrogens with one attached hydrogen (secondary N) is 2. The van der Waals surface area contributed by atoms with Gasteiger partial charge >= 0.3 is 0 Å². The quantitative estimate of drug-likeness (QED) is 0.339. The van der Waals surface area contributed by atoms with Crippen molar-refractivity contribution >= 4 is 38.6 Å². The fourth-order valence-electron chi connectivity index (χ4n) is 3.33. The van der Waals surface area contributed by atoms with Gasteiger partial charge in [-0.2, -0.15) is 0 Å². The number of anilines is 2. The second kappa shape index (κ2) is 10.2. The molecule has 0 aliphatic carbocycles. The van der Waals surface area contributed by atoms with E-state index < -0.39 is 10.0 Å². The van der Waals surface area contributed by atoms with Gasteiger partial charge in [0.1, 0.15) is 9.88 Å². The lowest BCUT2D eigenvalue weighted by atomic mass is 10.2. The van der Waals surface area contributed by atoms with E-state index in [1.54, 1.807) is 75.7 Å². The van der Waals surface area contributed by atoms with E-state index in [1.165, 1.54) is 23.5 Å². The van der Waals surface area contributed by atoms with Gasteiger partial charge in [-0.15, -0.1) is 11.3 Å². The van der Waals surface area contributed by atoms with Crippen LogP contribution in [0.3, 0.4) is 0 Å². The first-order valence-electron chi connectivity index (χ1n) is 10.5. The van der Waals surface area contributed by atoms with Gasteiger partial charge in [-0.25, -0.2) is 13.4 Å². The van der Waals surface area contributed by atoms with Crippen molar-refractivity contribution in [2.45, 2.75) is 11.8 Å². The first-order valence-corrected chi connectivity index (χ1v) is 12.8. The number of sulfonamides is 1. The molecule has 0 atom stereocenters. The average Bonchev–Trinajstić information content (AvgIpc) is 3.26. The summed E-state index contributed by atoms with van der Waals surface area (Å²) in [6, 6.07) is 20.0. The van der Waals surface area contributed by atoms with Crippen molar-refractivity contribution in [1.29, 1.82) is 0 Å². The minimum Gasteiger partial charge on any atom is -0.493 e. The largest absolute Gasteiger partial charge is 0.493 e. The van der Waals surface area contributed by atoms with Gasteiger partial charge in [0.25, 0.3) is 15.9 Å². The Kier molecular flexibility index (Phi) is 7.04. The predicted octanol–water partition coefficient (Wildman–Crippen LogP) is 5.19. The van der Waals surface area contributed by atoms with Crippen molar-refractivity contribution in [1.82, 2.24) is 4.98 Å². The summed E-state index contributed by atoms with van der Waals surface area (Å²) >= 11 is 1.26. The standard InChI is InChI=1S/C25H23N3O5S2/c1-16-23(34-25(26-16)17-9-14-21(32-2)22(15-17)33-3)24(29)27-18-10-12-20(13-11-18)35(30,31)28-19-7-5-4-6-8-19/h4-15,28H,1-3H3,(H,27,29). The maximum Gasteiger partial charge on any atom is 0.267 e. The Morgan fingerprint density at radius 1 is 0.886 bits per heavy atom. The molecule has 0 fully saturated rings. The summed E-state index contributed by atoms with van der Waals surface area (Å²) in [5.41, 5.74) is 2.32. The molecule has 0 saturated carbocycles. The van der Waals surface area contributed by atoms with Crippen LogP contribution in [-0.4, -0.2) is 33.5 Å². The Balaban J connectivity index is 1.49. The fraction of sp³-hybridized carbons (Fsp3) is 0.120. The molecule has 1 amide bonds. The molecule has 0 spiro atoms. The van der Waals surface area contributed by atoms with Gasteiger partial charge in [-0.05, 0) is 61.5 Å². The first kappa shape index (κ1) is 24.2. The number of rotatable bonds is 8. The molecule has 8 nitrogen and oxygen atoms in total. The van der Waals surface area contributed by atoms with Crippen LogP contribution in [0.2, 0.25) is 0 Å². The van der Waals surface area contributed by atoms with Crippen molar-refractivity contribution in [3.63, 3.8) is 0 Å². The van der Waals surface area contributed by atoms with Crippen LogP contribution in [0.25, 0.3) is 10.6 Å². The van der Waals surface area contributed by atoms with Gasteiger partial charge in [-0.3, -0.25) is 9.52 Å². The van der Waals surface area contributed by atoms with Crippen LogP contribution in [0.5, 0.6) is 11.5 Å². The molecule has 1 heterocycles. The van der Waals surface area contributed by atoms with Gasteiger partial charge in [-0.1, -0.05) is 18.2 Å². The predicted molar refractivity (Wildman–Crippen MR) is 137 cm³/mol. The zero-order valence-electron chi connectivity index (χ0n) is 19.2. The number of methoxy groups -OCH3 is 2.